The van der Waals surface area contributed by atoms with E-state index < -0.39 is 0 Å². The minimum atomic E-state index is 0.0942. The van der Waals surface area contributed by atoms with Crippen molar-refractivity contribution in [2.75, 3.05) is 16.4 Å². The molecule has 2 N–H and O–H groups in total. The Kier molecular flexibility index (Phi) is 4.90. The summed E-state index contributed by atoms with van der Waals surface area (Å²) in [6.45, 7) is 0. The summed E-state index contributed by atoms with van der Waals surface area (Å²) in [6.07, 6.45) is 2.30. The van der Waals surface area contributed by atoms with Crippen LogP contribution in [0.1, 0.15) is 17.5 Å². The molecule has 1 amide bonds. The summed E-state index contributed by atoms with van der Waals surface area (Å²) in [5.74, 6) is 0.741. The van der Waals surface area contributed by atoms with E-state index >= 15 is 0 Å². The fraction of sp³-hybridized carbons (Fsp3) is 0.211. The van der Waals surface area contributed by atoms with E-state index in [1.54, 1.807) is 0 Å². The highest BCUT2D eigenvalue weighted by molar-refractivity contribution is 8.01. The third kappa shape index (κ3) is 3.45. The van der Waals surface area contributed by atoms with Crippen molar-refractivity contribution in [3.8, 4) is 0 Å². The lowest BCUT2D eigenvalue weighted by atomic mass is 10.0. The van der Waals surface area contributed by atoms with Gasteiger partial charge < -0.3 is 5.73 Å². The van der Waals surface area contributed by atoms with Crippen molar-refractivity contribution in [2.24, 2.45) is 0 Å². The van der Waals surface area contributed by atoms with Crippen molar-refractivity contribution >= 4 is 45.5 Å². The van der Waals surface area contributed by atoms with Crippen LogP contribution in [0, 0.1) is 0 Å². The number of anilines is 3. The Morgan fingerprint density at radius 3 is 2.23 bits per heavy atom. The first-order valence-corrected chi connectivity index (χ1v) is 10.2. The van der Waals surface area contributed by atoms with Crippen molar-refractivity contribution in [3.63, 3.8) is 0 Å². The summed E-state index contributed by atoms with van der Waals surface area (Å²) in [6, 6.07) is 16.3. The molecule has 0 aliphatic carbocycles. The van der Waals surface area contributed by atoms with Crippen LogP contribution in [-0.4, -0.2) is 21.9 Å². The van der Waals surface area contributed by atoms with Crippen molar-refractivity contribution in [1.29, 1.82) is 0 Å². The quantitative estimate of drug-likeness (QED) is 0.689. The lowest BCUT2D eigenvalue weighted by Crippen LogP contribution is -2.27. The highest BCUT2D eigenvalue weighted by Crippen LogP contribution is 2.36. The van der Waals surface area contributed by atoms with Crippen LogP contribution in [0.3, 0.4) is 0 Å². The Morgan fingerprint density at radius 1 is 1.04 bits per heavy atom. The number of thioether (sulfide) groups is 1. The van der Waals surface area contributed by atoms with Crippen LogP contribution in [0.25, 0.3) is 0 Å². The number of fused-ring (bicyclic) bond motifs is 2. The monoisotopic (exact) mass is 382 g/mol. The molecule has 26 heavy (non-hydrogen) atoms. The maximum Gasteiger partial charge on any atom is 0.232 e. The predicted octanol–water partition coefficient (Wildman–Crippen LogP) is 4.07. The topological polar surface area (TPSA) is 72.1 Å². The number of nitrogen functional groups attached to an aromatic ring is 1. The number of nitrogens with two attached hydrogens (primary N) is 1. The van der Waals surface area contributed by atoms with Gasteiger partial charge in [0.05, 0.1) is 11.4 Å². The first-order chi connectivity index (χ1) is 12.7. The number of benzene rings is 2. The molecular formula is C19H18N4OS2. The first-order valence-electron chi connectivity index (χ1n) is 8.43. The smallest absolute Gasteiger partial charge is 0.232 e. The maximum atomic E-state index is 13.1. The van der Waals surface area contributed by atoms with Crippen molar-refractivity contribution in [1.82, 2.24) is 10.2 Å². The lowest BCUT2D eigenvalue weighted by Gasteiger charge is -2.25. The molecule has 4 rings (SSSR count). The summed E-state index contributed by atoms with van der Waals surface area (Å²) < 4.78 is 0.798. The van der Waals surface area contributed by atoms with E-state index in [-0.39, 0.29) is 5.91 Å². The number of nitrogens with zero attached hydrogens (tertiary/aromatic N) is 3. The van der Waals surface area contributed by atoms with Crippen LogP contribution < -0.4 is 10.6 Å². The number of amides is 1. The number of para-hydroxylation sites is 2. The summed E-state index contributed by atoms with van der Waals surface area (Å²) in [4.78, 5) is 15.0. The molecule has 2 heterocycles. The van der Waals surface area contributed by atoms with E-state index in [0.717, 1.165) is 28.6 Å². The molecular weight excluding hydrogens is 364 g/mol. The Morgan fingerprint density at radius 2 is 1.65 bits per heavy atom. The van der Waals surface area contributed by atoms with Crippen LogP contribution in [-0.2, 0) is 17.6 Å². The second kappa shape index (κ2) is 7.47. The van der Waals surface area contributed by atoms with E-state index in [1.807, 2.05) is 41.3 Å². The highest BCUT2D eigenvalue weighted by Gasteiger charge is 2.25. The van der Waals surface area contributed by atoms with Gasteiger partial charge in [0.25, 0.3) is 0 Å². The van der Waals surface area contributed by atoms with Gasteiger partial charge in [-0.1, -0.05) is 59.5 Å². The van der Waals surface area contributed by atoms with E-state index in [0.29, 0.717) is 17.3 Å². The summed E-state index contributed by atoms with van der Waals surface area (Å²) >= 11 is 2.87. The molecule has 2 aromatic carbocycles. The van der Waals surface area contributed by atoms with Gasteiger partial charge in [-0.3, -0.25) is 9.69 Å². The predicted molar refractivity (Wildman–Crippen MR) is 107 cm³/mol. The third-order valence-corrected chi connectivity index (χ3v) is 6.23. The number of carbonyl (C=O) groups is 1. The standard InChI is InChI=1S/C19H18N4OS2/c20-18-21-22-19(26-18)25-12-11-17(24)23-15-7-3-1-5-13(15)9-10-14-6-2-4-8-16(14)23/h1-8H,9-12H2,(H2,20,21). The van der Waals surface area contributed by atoms with Crippen LogP contribution in [0.4, 0.5) is 16.5 Å². The molecule has 1 aromatic heterocycles. The number of aromatic nitrogens is 2. The SMILES string of the molecule is Nc1nnc(SCCC(=O)N2c3ccccc3CCc3ccccc32)s1. The van der Waals surface area contributed by atoms with Crippen LogP contribution >= 0.6 is 23.1 Å². The highest BCUT2D eigenvalue weighted by atomic mass is 32.2. The molecule has 1 aliphatic rings. The summed E-state index contributed by atoms with van der Waals surface area (Å²) in [5.41, 5.74) is 10.0. The molecule has 0 saturated carbocycles. The van der Waals surface area contributed by atoms with Gasteiger partial charge in [0.15, 0.2) is 4.34 Å². The van der Waals surface area contributed by atoms with E-state index in [1.165, 1.54) is 34.2 Å². The van der Waals surface area contributed by atoms with Crippen LogP contribution in [0.2, 0.25) is 0 Å². The van der Waals surface area contributed by atoms with E-state index in [4.69, 9.17) is 5.73 Å². The molecule has 0 spiro atoms. The zero-order chi connectivity index (χ0) is 17.9. The van der Waals surface area contributed by atoms with Gasteiger partial charge in [0.2, 0.25) is 11.0 Å². The second-order valence-corrected chi connectivity index (χ2v) is 8.34. The second-order valence-electron chi connectivity index (χ2n) is 5.99. The molecule has 132 valence electrons. The Labute approximate surface area is 160 Å². The lowest BCUT2D eigenvalue weighted by molar-refractivity contribution is -0.117. The van der Waals surface area contributed by atoms with Crippen LogP contribution in [0.15, 0.2) is 52.9 Å². The summed E-state index contributed by atoms with van der Waals surface area (Å²) in [7, 11) is 0. The van der Waals surface area contributed by atoms with Gasteiger partial charge in [0.1, 0.15) is 0 Å². The first kappa shape index (κ1) is 17.1. The molecule has 5 nitrogen and oxygen atoms in total. The van der Waals surface area contributed by atoms with E-state index in [2.05, 4.69) is 22.3 Å². The normalized spacial score (nSPS) is 13.0. The number of carbonyl (C=O) groups excluding carboxylic acids is 1. The molecule has 0 atom stereocenters. The fourth-order valence-electron chi connectivity index (χ4n) is 3.16. The molecule has 0 fully saturated rings. The van der Waals surface area contributed by atoms with Gasteiger partial charge in [-0.25, -0.2) is 0 Å². The number of rotatable bonds is 4. The number of aryl methyl sites for hydroxylation is 2. The summed E-state index contributed by atoms with van der Waals surface area (Å²) in [5, 5.41) is 8.25. The fourth-order valence-corrected chi connectivity index (χ4v) is 4.80. The molecule has 3 aromatic rings. The van der Waals surface area contributed by atoms with Gasteiger partial charge in [0, 0.05) is 12.2 Å². The van der Waals surface area contributed by atoms with Crippen molar-refractivity contribution < 1.29 is 4.79 Å². The van der Waals surface area contributed by atoms with Crippen LogP contribution in [0.5, 0.6) is 0 Å². The Balaban J connectivity index is 1.58. The largest absolute Gasteiger partial charge is 0.374 e. The Hall–Kier alpha value is -2.38. The van der Waals surface area contributed by atoms with Crippen molar-refractivity contribution in [2.45, 2.75) is 23.6 Å². The molecule has 1 aliphatic heterocycles. The zero-order valence-electron chi connectivity index (χ0n) is 14.1. The van der Waals surface area contributed by atoms with E-state index in [9.17, 15) is 4.79 Å². The maximum absolute atomic E-state index is 13.1. The molecule has 0 saturated heterocycles. The molecule has 0 unspecified atom stereocenters. The number of hydrogen-bond donors (Lipinski definition) is 1. The Bertz CT molecular complexity index is 893. The number of hydrogen-bond acceptors (Lipinski definition) is 6. The average molecular weight is 383 g/mol. The zero-order valence-corrected chi connectivity index (χ0v) is 15.7. The van der Waals surface area contributed by atoms with Gasteiger partial charge in [-0.2, -0.15) is 0 Å². The third-order valence-electron chi connectivity index (χ3n) is 4.34. The molecule has 0 bridgehead atoms. The van der Waals surface area contributed by atoms with Gasteiger partial charge >= 0.3 is 0 Å². The van der Waals surface area contributed by atoms with Gasteiger partial charge in [-0.15, -0.1) is 10.2 Å². The van der Waals surface area contributed by atoms with Gasteiger partial charge in [-0.05, 0) is 36.1 Å². The molecule has 7 heteroatoms. The van der Waals surface area contributed by atoms with Crippen molar-refractivity contribution in [3.05, 3.63) is 59.7 Å². The molecule has 0 radical (unpaired) electrons. The minimum absolute atomic E-state index is 0.0942. The minimum Gasteiger partial charge on any atom is -0.374 e. The average Bonchev–Trinajstić information content (AvgIpc) is 2.99.